The third-order valence-corrected chi connectivity index (χ3v) is 6.73. The Morgan fingerprint density at radius 3 is 2.16 bits per heavy atom. The molecule has 2 aromatic rings. The molecule has 0 saturated carbocycles. The number of piperazine rings is 1. The van der Waals surface area contributed by atoms with Crippen LogP contribution in [0.5, 0.6) is 17.2 Å². The SMILES string of the molecule is CCc1ccc(CNC(=NC)N2CCN(Cc3cc(OC)c(OC)c(OC)c3)CC2)s1. The zero-order valence-electron chi connectivity index (χ0n) is 19.2. The van der Waals surface area contributed by atoms with Gasteiger partial charge in [0.05, 0.1) is 27.9 Å². The molecule has 2 heterocycles. The summed E-state index contributed by atoms with van der Waals surface area (Å²) in [5, 5.41) is 3.52. The summed E-state index contributed by atoms with van der Waals surface area (Å²) in [5.74, 6) is 2.99. The minimum absolute atomic E-state index is 0.630. The van der Waals surface area contributed by atoms with E-state index in [0.717, 1.165) is 57.2 Å². The van der Waals surface area contributed by atoms with Crippen molar-refractivity contribution in [2.45, 2.75) is 26.4 Å². The van der Waals surface area contributed by atoms with Gasteiger partial charge in [-0.1, -0.05) is 6.92 Å². The standard InChI is InChI=1S/C23H34N4O3S/c1-6-18-7-8-19(31-18)15-25-23(24-2)27-11-9-26(10-12-27)16-17-13-20(28-3)22(30-5)21(14-17)29-4/h7-8,13-14H,6,9-12,15-16H2,1-5H3,(H,24,25). The predicted octanol–water partition coefficient (Wildman–Crippen LogP) is 3.23. The monoisotopic (exact) mass is 446 g/mol. The first kappa shape index (κ1) is 23.2. The van der Waals surface area contributed by atoms with Gasteiger partial charge in [0.1, 0.15) is 0 Å². The number of methoxy groups -OCH3 is 3. The Labute approximate surface area is 189 Å². The highest BCUT2D eigenvalue weighted by molar-refractivity contribution is 7.11. The maximum atomic E-state index is 5.49. The van der Waals surface area contributed by atoms with Crippen LogP contribution in [0.15, 0.2) is 29.3 Å². The van der Waals surface area contributed by atoms with Gasteiger partial charge in [-0.2, -0.15) is 0 Å². The fourth-order valence-electron chi connectivity index (χ4n) is 3.81. The van der Waals surface area contributed by atoms with Gasteiger partial charge in [-0.3, -0.25) is 9.89 Å². The molecular weight excluding hydrogens is 412 g/mol. The van der Waals surface area contributed by atoms with Crippen LogP contribution in [0.3, 0.4) is 0 Å². The number of nitrogens with one attached hydrogen (secondary N) is 1. The number of thiophene rings is 1. The molecule has 0 atom stereocenters. The fourth-order valence-corrected chi connectivity index (χ4v) is 4.71. The number of aliphatic imine (C=N–C) groups is 1. The molecule has 3 rings (SSSR count). The molecule has 1 aliphatic heterocycles. The topological polar surface area (TPSA) is 58.6 Å². The molecule has 0 bridgehead atoms. The maximum Gasteiger partial charge on any atom is 0.203 e. The molecule has 1 aliphatic rings. The van der Waals surface area contributed by atoms with Crippen LogP contribution >= 0.6 is 11.3 Å². The van der Waals surface area contributed by atoms with E-state index in [1.54, 1.807) is 21.3 Å². The van der Waals surface area contributed by atoms with Gasteiger partial charge < -0.3 is 24.4 Å². The first-order valence-corrected chi connectivity index (χ1v) is 11.5. The van der Waals surface area contributed by atoms with Gasteiger partial charge in [-0.05, 0) is 36.2 Å². The maximum absolute atomic E-state index is 5.49. The quantitative estimate of drug-likeness (QED) is 0.496. The first-order valence-electron chi connectivity index (χ1n) is 10.7. The lowest BCUT2D eigenvalue weighted by molar-refractivity contribution is 0.172. The van der Waals surface area contributed by atoms with Gasteiger partial charge in [0.25, 0.3) is 0 Å². The molecule has 1 aromatic heterocycles. The summed E-state index contributed by atoms with van der Waals surface area (Å²) >= 11 is 1.87. The molecule has 1 saturated heterocycles. The number of ether oxygens (including phenoxy) is 3. The highest BCUT2D eigenvalue weighted by Crippen LogP contribution is 2.38. The van der Waals surface area contributed by atoms with Crippen molar-refractivity contribution in [2.24, 2.45) is 4.99 Å². The molecule has 0 unspecified atom stereocenters. The number of nitrogens with zero attached hydrogens (tertiary/aromatic N) is 3. The molecule has 170 valence electrons. The molecule has 0 radical (unpaired) electrons. The molecule has 31 heavy (non-hydrogen) atoms. The number of guanidine groups is 1. The lowest BCUT2D eigenvalue weighted by Crippen LogP contribution is -2.52. The summed E-state index contributed by atoms with van der Waals surface area (Å²) in [4.78, 5) is 12.0. The van der Waals surface area contributed by atoms with E-state index in [0.29, 0.717) is 17.2 Å². The third kappa shape index (κ3) is 5.83. The fraction of sp³-hybridized carbons (Fsp3) is 0.522. The third-order valence-electron chi connectivity index (χ3n) is 5.50. The number of benzene rings is 1. The summed E-state index contributed by atoms with van der Waals surface area (Å²) in [6, 6.07) is 8.48. The van der Waals surface area contributed by atoms with Gasteiger partial charge in [-0.15, -0.1) is 11.3 Å². The second-order valence-electron chi connectivity index (χ2n) is 7.42. The Morgan fingerprint density at radius 1 is 1.00 bits per heavy atom. The van der Waals surface area contributed by atoms with Crippen LogP contribution in [0.1, 0.15) is 22.2 Å². The van der Waals surface area contributed by atoms with Crippen molar-refractivity contribution in [1.29, 1.82) is 0 Å². The molecule has 1 aromatic carbocycles. The molecule has 1 N–H and O–H groups in total. The Hall–Kier alpha value is -2.45. The molecule has 8 heteroatoms. The number of hydrogen-bond donors (Lipinski definition) is 1. The van der Waals surface area contributed by atoms with Gasteiger partial charge in [0.2, 0.25) is 5.75 Å². The van der Waals surface area contributed by atoms with Gasteiger partial charge in [0.15, 0.2) is 17.5 Å². The lowest BCUT2D eigenvalue weighted by atomic mass is 10.1. The summed E-state index contributed by atoms with van der Waals surface area (Å²) in [7, 11) is 6.78. The van der Waals surface area contributed by atoms with E-state index < -0.39 is 0 Å². The predicted molar refractivity (Wildman–Crippen MR) is 127 cm³/mol. The van der Waals surface area contributed by atoms with Crippen LogP contribution < -0.4 is 19.5 Å². The summed E-state index contributed by atoms with van der Waals surface area (Å²) in [6.45, 7) is 7.67. The number of hydrogen-bond acceptors (Lipinski definition) is 6. The smallest absolute Gasteiger partial charge is 0.203 e. The Morgan fingerprint density at radius 2 is 1.65 bits per heavy atom. The van der Waals surface area contributed by atoms with E-state index in [4.69, 9.17) is 14.2 Å². The summed E-state index contributed by atoms with van der Waals surface area (Å²) in [5.41, 5.74) is 1.15. The zero-order valence-corrected chi connectivity index (χ0v) is 20.1. The van der Waals surface area contributed by atoms with Crippen LogP contribution in [0.25, 0.3) is 0 Å². The van der Waals surface area contributed by atoms with Gasteiger partial charge in [0, 0.05) is 49.5 Å². The second kappa shape index (κ2) is 11.2. The average molecular weight is 447 g/mol. The van der Waals surface area contributed by atoms with Crippen LogP contribution in [0.4, 0.5) is 0 Å². The minimum atomic E-state index is 0.630. The van der Waals surface area contributed by atoms with Gasteiger partial charge in [-0.25, -0.2) is 0 Å². The van der Waals surface area contributed by atoms with E-state index in [9.17, 15) is 0 Å². The van der Waals surface area contributed by atoms with Crippen molar-refractivity contribution in [3.8, 4) is 17.2 Å². The molecular formula is C23H34N4O3S. The molecule has 0 aliphatic carbocycles. The van der Waals surface area contributed by atoms with Crippen molar-refractivity contribution < 1.29 is 14.2 Å². The normalized spacial score (nSPS) is 15.1. The minimum Gasteiger partial charge on any atom is -0.493 e. The van der Waals surface area contributed by atoms with Crippen LogP contribution in [-0.2, 0) is 19.5 Å². The average Bonchev–Trinajstić information content (AvgIpc) is 3.27. The van der Waals surface area contributed by atoms with E-state index in [2.05, 4.69) is 39.2 Å². The number of rotatable bonds is 8. The number of aryl methyl sites for hydroxylation is 1. The lowest BCUT2D eigenvalue weighted by Gasteiger charge is -2.36. The molecule has 0 spiro atoms. The van der Waals surface area contributed by atoms with Crippen molar-refractivity contribution in [3.63, 3.8) is 0 Å². The van der Waals surface area contributed by atoms with Crippen molar-refractivity contribution >= 4 is 17.3 Å². The molecule has 7 nitrogen and oxygen atoms in total. The van der Waals surface area contributed by atoms with E-state index in [1.165, 1.54) is 9.75 Å². The Kier molecular flexibility index (Phi) is 8.43. The van der Waals surface area contributed by atoms with Crippen LogP contribution in [0, 0.1) is 0 Å². The zero-order chi connectivity index (χ0) is 22.2. The largest absolute Gasteiger partial charge is 0.493 e. The van der Waals surface area contributed by atoms with E-state index in [-0.39, 0.29) is 0 Å². The first-order chi connectivity index (χ1) is 15.1. The van der Waals surface area contributed by atoms with Crippen molar-refractivity contribution in [3.05, 3.63) is 39.6 Å². The molecule has 0 amide bonds. The molecule has 1 fully saturated rings. The van der Waals surface area contributed by atoms with Crippen molar-refractivity contribution in [1.82, 2.24) is 15.1 Å². The van der Waals surface area contributed by atoms with Crippen molar-refractivity contribution in [2.75, 3.05) is 54.6 Å². The highest BCUT2D eigenvalue weighted by Gasteiger charge is 2.21. The second-order valence-corrected chi connectivity index (χ2v) is 8.67. The van der Waals surface area contributed by atoms with Gasteiger partial charge >= 0.3 is 0 Å². The van der Waals surface area contributed by atoms with Crippen LogP contribution in [0.2, 0.25) is 0 Å². The van der Waals surface area contributed by atoms with E-state index >= 15 is 0 Å². The van der Waals surface area contributed by atoms with E-state index in [1.807, 2.05) is 30.5 Å². The summed E-state index contributed by atoms with van der Waals surface area (Å²) < 4.78 is 16.4. The Balaban J connectivity index is 1.55. The summed E-state index contributed by atoms with van der Waals surface area (Å²) in [6.07, 6.45) is 1.09. The Bertz CT molecular complexity index is 850. The van der Waals surface area contributed by atoms with Crippen LogP contribution in [-0.4, -0.2) is 70.3 Å². The highest BCUT2D eigenvalue weighted by atomic mass is 32.1.